The zero-order chi connectivity index (χ0) is 13.6. The summed E-state index contributed by atoms with van der Waals surface area (Å²) in [5.41, 5.74) is -0.183. The van der Waals surface area contributed by atoms with Crippen LogP contribution in [0.25, 0.3) is 0 Å². The van der Waals surface area contributed by atoms with Gasteiger partial charge < -0.3 is 9.47 Å². The third-order valence-electron chi connectivity index (χ3n) is 3.82. The fourth-order valence-electron chi connectivity index (χ4n) is 3.02. The predicted octanol–water partition coefficient (Wildman–Crippen LogP) is 4.67. The molecular weight excluding hydrogens is 224 g/mol. The summed E-state index contributed by atoms with van der Waals surface area (Å²) in [5, 5.41) is 0. The van der Waals surface area contributed by atoms with Crippen LogP contribution in [0.5, 0.6) is 0 Å². The zero-order valence-electron chi connectivity index (χ0n) is 12.1. The van der Waals surface area contributed by atoms with E-state index in [1.807, 2.05) is 27.7 Å². The van der Waals surface area contributed by atoms with Gasteiger partial charge in [-0.3, -0.25) is 0 Å². The highest BCUT2D eigenvalue weighted by atomic mass is 16.5. The average Bonchev–Trinajstić information content (AvgIpc) is 2.11. The van der Waals surface area contributed by atoms with E-state index in [0.29, 0.717) is 0 Å². The summed E-state index contributed by atoms with van der Waals surface area (Å²) in [7, 11) is 0. The van der Waals surface area contributed by atoms with Gasteiger partial charge in [-0.15, -0.1) is 0 Å². The molecule has 0 aromatic rings. The normalized spacial score (nSPS) is 25.0. The van der Waals surface area contributed by atoms with Crippen molar-refractivity contribution in [2.24, 2.45) is 10.8 Å². The summed E-state index contributed by atoms with van der Waals surface area (Å²) >= 11 is 0. The number of rotatable bonds is 1. The Bertz CT molecular complexity index is 407. The third-order valence-corrected chi connectivity index (χ3v) is 3.82. The Balaban J connectivity index is 2.52. The molecule has 2 heterocycles. The van der Waals surface area contributed by atoms with Crippen molar-refractivity contribution in [3.05, 3.63) is 47.3 Å². The third kappa shape index (κ3) is 2.12. The quantitative estimate of drug-likeness (QED) is 0.669. The first-order chi connectivity index (χ1) is 8.24. The Kier molecular flexibility index (Phi) is 2.92. The van der Waals surface area contributed by atoms with Gasteiger partial charge in [-0.25, -0.2) is 0 Å². The molecule has 2 heteroatoms. The first kappa shape index (κ1) is 13.0. The van der Waals surface area contributed by atoms with E-state index < -0.39 is 0 Å². The minimum absolute atomic E-state index is 0.0916. The first-order valence-electron chi connectivity index (χ1n) is 6.38. The lowest BCUT2D eigenvalue weighted by molar-refractivity contribution is 0.201. The number of ether oxygens (including phenoxy) is 2. The summed E-state index contributed by atoms with van der Waals surface area (Å²) in [6, 6.07) is 0. The summed E-state index contributed by atoms with van der Waals surface area (Å²) in [6.07, 6.45) is 8.77. The molecule has 2 rings (SSSR count). The standard InChI is InChI=1S/C16H22O2/c1-11-7-15(5,8-12(2)17-11)16(6)9-13(3)18-14(4)10-16/h7-10H,1-6H3. The van der Waals surface area contributed by atoms with Crippen LogP contribution in [0.15, 0.2) is 47.3 Å². The van der Waals surface area contributed by atoms with Crippen LogP contribution >= 0.6 is 0 Å². The SMILES string of the molecule is CC1=CC(C)(C2(C)C=C(C)OC(C)=C2)C=C(C)O1. The maximum atomic E-state index is 5.62. The monoisotopic (exact) mass is 246 g/mol. The Morgan fingerprint density at radius 2 is 0.833 bits per heavy atom. The number of hydrogen-bond donors (Lipinski definition) is 0. The minimum atomic E-state index is -0.0916. The van der Waals surface area contributed by atoms with E-state index in [-0.39, 0.29) is 10.8 Å². The van der Waals surface area contributed by atoms with Crippen molar-refractivity contribution in [2.75, 3.05) is 0 Å². The molecule has 2 nitrogen and oxygen atoms in total. The van der Waals surface area contributed by atoms with Crippen LogP contribution in [0.2, 0.25) is 0 Å². The van der Waals surface area contributed by atoms with Crippen LogP contribution in [-0.4, -0.2) is 0 Å². The molecule has 0 N–H and O–H groups in total. The molecule has 0 aliphatic carbocycles. The van der Waals surface area contributed by atoms with Crippen molar-refractivity contribution < 1.29 is 9.47 Å². The largest absolute Gasteiger partial charge is 0.467 e. The molecule has 2 aliphatic heterocycles. The number of hydrogen-bond acceptors (Lipinski definition) is 2. The fourth-order valence-corrected chi connectivity index (χ4v) is 3.02. The summed E-state index contributed by atoms with van der Waals surface area (Å²) in [6.45, 7) is 12.5. The van der Waals surface area contributed by atoms with Crippen molar-refractivity contribution >= 4 is 0 Å². The molecule has 0 unspecified atom stereocenters. The van der Waals surface area contributed by atoms with Crippen LogP contribution in [0.3, 0.4) is 0 Å². The molecule has 0 fully saturated rings. The van der Waals surface area contributed by atoms with Gasteiger partial charge >= 0.3 is 0 Å². The van der Waals surface area contributed by atoms with Crippen LogP contribution in [-0.2, 0) is 9.47 Å². The van der Waals surface area contributed by atoms with E-state index in [1.165, 1.54) is 0 Å². The molecule has 0 spiro atoms. The fraction of sp³-hybridized carbons (Fsp3) is 0.500. The lowest BCUT2D eigenvalue weighted by atomic mass is 9.63. The highest BCUT2D eigenvalue weighted by Gasteiger charge is 2.42. The molecule has 0 radical (unpaired) electrons. The molecule has 0 amide bonds. The molecule has 0 saturated heterocycles. The van der Waals surface area contributed by atoms with Gasteiger partial charge in [-0.05, 0) is 52.0 Å². The molecule has 2 aliphatic rings. The van der Waals surface area contributed by atoms with E-state index in [1.54, 1.807) is 0 Å². The van der Waals surface area contributed by atoms with Crippen molar-refractivity contribution in [1.29, 1.82) is 0 Å². The van der Waals surface area contributed by atoms with Gasteiger partial charge in [0.1, 0.15) is 0 Å². The summed E-state index contributed by atoms with van der Waals surface area (Å²) < 4.78 is 11.2. The highest BCUT2D eigenvalue weighted by Crippen LogP contribution is 2.50. The van der Waals surface area contributed by atoms with Crippen LogP contribution in [0.1, 0.15) is 41.5 Å². The molecule has 0 saturated carbocycles. The molecule has 98 valence electrons. The van der Waals surface area contributed by atoms with Crippen LogP contribution in [0, 0.1) is 10.8 Å². The van der Waals surface area contributed by atoms with Crippen molar-refractivity contribution in [3.8, 4) is 0 Å². The Labute approximate surface area is 110 Å². The van der Waals surface area contributed by atoms with Gasteiger partial charge in [0.25, 0.3) is 0 Å². The smallest absolute Gasteiger partial charge is 0.0974 e. The van der Waals surface area contributed by atoms with E-state index >= 15 is 0 Å². The second-order valence-electron chi connectivity index (χ2n) is 5.79. The highest BCUT2D eigenvalue weighted by molar-refractivity contribution is 5.33. The maximum absolute atomic E-state index is 5.62. The second-order valence-corrected chi connectivity index (χ2v) is 5.79. The number of allylic oxidation sites excluding steroid dienone is 8. The topological polar surface area (TPSA) is 18.5 Å². The van der Waals surface area contributed by atoms with Crippen LogP contribution < -0.4 is 0 Å². The zero-order valence-corrected chi connectivity index (χ0v) is 12.1. The van der Waals surface area contributed by atoms with Crippen LogP contribution in [0.4, 0.5) is 0 Å². The van der Waals surface area contributed by atoms with Gasteiger partial charge in [0.15, 0.2) is 0 Å². The molecule has 0 aromatic heterocycles. The summed E-state index contributed by atoms with van der Waals surface area (Å²) in [4.78, 5) is 0. The second kappa shape index (κ2) is 4.04. The molecule has 0 aromatic carbocycles. The van der Waals surface area contributed by atoms with Crippen molar-refractivity contribution in [3.63, 3.8) is 0 Å². The Morgan fingerprint density at radius 1 is 0.611 bits per heavy atom. The van der Waals surface area contributed by atoms with Gasteiger partial charge in [0.05, 0.1) is 23.0 Å². The van der Waals surface area contributed by atoms with E-state index in [9.17, 15) is 0 Å². The molecule has 18 heavy (non-hydrogen) atoms. The van der Waals surface area contributed by atoms with Gasteiger partial charge in [-0.2, -0.15) is 0 Å². The lowest BCUT2D eigenvalue weighted by Crippen LogP contribution is -2.35. The molecule has 0 atom stereocenters. The van der Waals surface area contributed by atoms with Gasteiger partial charge in [0, 0.05) is 10.8 Å². The maximum Gasteiger partial charge on any atom is 0.0974 e. The Morgan fingerprint density at radius 3 is 1.06 bits per heavy atom. The Hall–Kier alpha value is -1.44. The summed E-state index contributed by atoms with van der Waals surface area (Å²) in [5.74, 6) is 3.84. The van der Waals surface area contributed by atoms with E-state index in [2.05, 4.69) is 38.2 Å². The average molecular weight is 246 g/mol. The van der Waals surface area contributed by atoms with Gasteiger partial charge in [0.2, 0.25) is 0 Å². The molecular formula is C16H22O2. The van der Waals surface area contributed by atoms with Crippen molar-refractivity contribution in [1.82, 2.24) is 0 Å². The van der Waals surface area contributed by atoms with Crippen molar-refractivity contribution in [2.45, 2.75) is 41.5 Å². The first-order valence-corrected chi connectivity index (χ1v) is 6.38. The molecule has 0 bridgehead atoms. The minimum Gasteiger partial charge on any atom is -0.467 e. The predicted molar refractivity (Wildman–Crippen MR) is 73.4 cm³/mol. The van der Waals surface area contributed by atoms with E-state index in [0.717, 1.165) is 23.0 Å². The lowest BCUT2D eigenvalue weighted by Gasteiger charge is -2.43. The van der Waals surface area contributed by atoms with E-state index in [4.69, 9.17) is 9.47 Å². The van der Waals surface area contributed by atoms with Gasteiger partial charge in [-0.1, -0.05) is 13.8 Å².